The Hall–Kier alpha value is -1.31. The summed E-state index contributed by atoms with van der Waals surface area (Å²) in [5.41, 5.74) is 0.543. The molecule has 0 unspecified atom stereocenters. The van der Waals surface area contributed by atoms with Gasteiger partial charge in [0, 0.05) is 5.56 Å². The molecule has 0 fully saturated rings. The van der Waals surface area contributed by atoms with Crippen molar-refractivity contribution in [2.75, 3.05) is 0 Å². The molecular weight excluding hydrogens is 131 g/mol. The first kappa shape index (κ1) is 6.81. The zero-order chi connectivity index (χ0) is 7.56. The van der Waals surface area contributed by atoms with Crippen LogP contribution in [0.1, 0.15) is 5.56 Å². The smallest absolute Gasteiger partial charge is 0.123 e. The van der Waals surface area contributed by atoms with Gasteiger partial charge in [0.2, 0.25) is 0 Å². The van der Waals surface area contributed by atoms with Gasteiger partial charge in [-0.05, 0) is 24.3 Å². The van der Waals surface area contributed by atoms with Crippen LogP contribution in [0.3, 0.4) is 0 Å². The lowest BCUT2D eigenvalue weighted by atomic mass is 10.2. The van der Waals surface area contributed by atoms with E-state index in [0.29, 0.717) is 5.56 Å². The van der Waals surface area contributed by atoms with Gasteiger partial charge in [-0.1, -0.05) is 6.58 Å². The average Bonchev–Trinajstić information content (AvgIpc) is 1.88. The molecule has 0 saturated carbocycles. The second-order valence-corrected chi connectivity index (χ2v) is 1.95. The van der Waals surface area contributed by atoms with Crippen LogP contribution in [0.5, 0.6) is 0 Å². The Morgan fingerprint density at radius 1 is 1.30 bits per heavy atom. The van der Waals surface area contributed by atoms with E-state index in [1.54, 1.807) is 0 Å². The van der Waals surface area contributed by atoms with Crippen molar-refractivity contribution in [3.63, 3.8) is 0 Å². The number of rotatable bonds is 1. The van der Waals surface area contributed by atoms with E-state index in [1.807, 2.05) is 0 Å². The molecule has 0 bridgehead atoms. The largest absolute Gasteiger partial charge is 0.508 e. The molecule has 2 heteroatoms. The van der Waals surface area contributed by atoms with Crippen LogP contribution < -0.4 is 0 Å². The summed E-state index contributed by atoms with van der Waals surface area (Å²) < 4.78 is 12.2. The predicted octanol–water partition coefficient (Wildman–Crippen LogP) is 2.35. The summed E-state index contributed by atoms with van der Waals surface area (Å²) in [5.74, 6) is -0.356. The van der Waals surface area contributed by atoms with Crippen molar-refractivity contribution >= 4 is 5.76 Å². The van der Waals surface area contributed by atoms with Gasteiger partial charge in [-0.25, -0.2) is 4.39 Å². The quantitative estimate of drug-likeness (QED) is 0.590. The summed E-state index contributed by atoms with van der Waals surface area (Å²) in [6, 6.07) is 5.49. The molecule has 1 N–H and O–H groups in total. The van der Waals surface area contributed by atoms with Gasteiger partial charge in [0.25, 0.3) is 0 Å². The van der Waals surface area contributed by atoms with Gasteiger partial charge in [-0.15, -0.1) is 0 Å². The van der Waals surface area contributed by atoms with Gasteiger partial charge in [0.1, 0.15) is 11.6 Å². The Kier molecular flexibility index (Phi) is 1.71. The van der Waals surface area contributed by atoms with Crippen molar-refractivity contribution in [1.29, 1.82) is 0 Å². The van der Waals surface area contributed by atoms with Crippen LogP contribution in [0.4, 0.5) is 4.39 Å². The highest BCUT2D eigenvalue weighted by Crippen LogP contribution is 2.08. The van der Waals surface area contributed by atoms with Crippen LogP contribution in [0.2, 0.25) is 0 Å². The van der Waals surface area contributed by atoms with Crippen molar-refractivity contribution in [3.05, 3.63) is 42.2 Å². The van der Waals surface area contributed by atoms with Crippen LogP contribution in [0.25, 0.3) is 5.76 Å². The third kappa shape index (κ3) is 1.35. The highest BCUT2D eigenvalue weighted by molar-refractivity contribution is 5.55. The molecule has 1 aromatic carbocycles. The average molecular weight is 138 g/mol. The summed E-state index contributed by atoms with van der Waals surface area (Å²) >= 11 is 0. The van der Waals surface area contributed by atoms with E-state index in [2.05, 4.69) is 6.58 Å². The molecule has 0 amide bonds. The maximum atomic E-state index is 12.2. The Bertz CT molecular complexity index is 238. The molecule has 0 aliphatic heterocycles. The van der Waals surface area contributed by atoms with E-state index in [1.165, 1.54) is 24.3 Å². The van der Waals surface area contributed by atoms with Gasteiger partial charge in [0.15, 0.2) is 0 Å². The van der Waals surface area contributed by atoms with E-state index in [-0.39, 0.29) is 11.6 Å². The lowest BCUT2D eigenvalue weighted by molar-refractivity contribution is 0.513. The molecule has 0 heterocycles. The number of halogens is 1. The molecule has 0 atom stereocenters. The Balaban J connectivity index is 3.00. The standard InChI is InChI=1S/C8H7FO/c1-6(10)7-2-4-8(9)5-3-7/h2-5,10H,1H2. The van der Waals surface area contributed by atoms with E-state index in [9.17, 15) is 4.39 Å². The Morgan fingerprint density at radius 2 is 1.80 bits per heavy atom. The lowest BCUT2D eigenvalue weighted by Gasteiger charge is -1.95. The second kappa shape index (κ2) is 2.52. The second-order valence-electron chi connectivity index (χ2n) is 1.95. The van der Waals surface area contributed by atoms with E-state index >= 15 is 0 Å². The molecule has 1 aromatic rings. The maximum absolute atomic E-state index is 12.2. The van der Waals surface area contributed by atoms with E-state index in [4.69, 9.17) is 5.11 Å². The molecule has 0 radical (unpaired) electrons. The fourth-order valence-corrected chi connectivity index (χ4v) is 0.642. The van der Waals surface area contributed by atoms with E-state index < -0.39 is 0 Å². The van der Waals surface area contributed by atoms with Crippen LogP contribution in [0.15, 0.2) is 30.8 Å². The Labute approximate surface area is 58.4 Å². The first-order chi connectivity index (χ1) is 4.70. The van der Waals surface area contributed by atoms with Crippen LogP contribution in [-0.2, 0) is 0 Å². The molecule has 52 valence electrons. The molecular formula is C8H7FO. The normalized spacial score (nSPS) is 9.30. The minimum Gasteiger partial charge on any atom is -0.508 e. The van der Waals surface area contributed by atoms with Gasteiger partial charge in [-0.2, -0.15) is 0 Å². The molecule has 0 spiro atoms. The number of aliphatic hydroxyl groups is 1. The summed E-state index contributed by atoms with van der Waals surface area (Å²) in [6.07, 6.45) is 0. The topological polar surface area (TPSA) is 20.2 Å². The molecule has 0 saturated heterocycles. The van der Waals surface area contributed by atoms with Gasteiger partial charge >= 0.3 is 0 Å². The highest BCUT2D eigenvalue weighted by Gasteiger charge is 1.93. The minimum atomic E-state index is -0.315. The zero-order valence-corrected chi connectivity index (χ0v) is 5.34. The highest BCUT2D eigenvalue weighted by atomic mass is 19.1. The molecule has 1 rings (SSSR count). The minimum absolute atomic E-state index is 0.0417. The third-order valence-electron chi connectivity index (χ3n) is 1.18. The molecule has 0 aromatic heterocycles. The Morgan fingerprint density at radius 3 is 2.20 bits per heavy atom. The SMILES string of the molecule is C=C(O)c1ccc(F)cc1. The summed E-state index contributed by atoms with van der Waals surface area (Å²) in [5, 5.41) is 8.80. The summed E-state index contributed by atoms with van der Waals surface area (Å²) in [4.78, 5) is 0. The van der Waals surface area contributed by atoms with Gasteiger partial charge in [0.05, 0.1) is 0 Å². The number of aliphatic hydroxyl groups excluding tert-OH is 1. The van der Waals surface area contributed by atoms with Crippen molar-refractivity contribution in [3.8, 4) is 0 Å². The number of benzene rings is 1. The lowest BCUT2D eigenvalue weighted by Crippen LogP contribution is -1.80. The molecule has 0 aliphatic carbocycles. The zero-order valence-electron chi connectivity index (χ0n) is 5.34. The maximum Gasteiger partial charge on any atom is 0.123 e. The van der Waals surface area contributed by atoms with Gasteiger partial charge in [-0.3, -0.25) is 0 Å². The fraction of sp³-hybridized carbons (Fsp3) is 0. The van der Waals surface area contributed by atoms with Crippen molar-refractivity contribution < 1.29 is 9.50 Å². The van der Waals surface area contributed by atoms with Crippen LogP contribution in [0, 0.1) is 5.82 Å². The third-order valence-corrected chi connectivity index (χ3v) is 1.18. The van der Waals surface area contributed by atoms with Gasteiger partial charge < -0.3 is 5.11 Å². The van der Waals surface area contributed by atoms with Crippen LogP contribution in [-0.4, -0.2) is 5.11 Å². The first-order valence-corrected chi connectivity index (χ1v) is 2.84. The summed E-state index contributed by atoms with van der Waals surface area (Å²) in [6.45, 7) is 3.29. The number of hydrogen-bond acceptors (Lipinski definition) is 1. The monoisotopic (exact) mass is 138 g/mol. The molecule has 0 aliphatic rings. The van der Waals surface area contributed by atoms with Crippen LogP contribution >= 0.6 is 0 Å². The molecule has 1 nitrogen and oxygen atoms in total. The number of hydrogen-bond donors (Lipinski definition) is 1. The van der Waals surface area contributed by atoms with Crippen molar-refractivity contribution in [2.45, 2.75) is 0 Å². The van der Waals surface area contributed by atoms with E-state index in [0.717, 1.165) is 0 Å². The summed E-state index contributed by atoms with van der Waals surface area (Å²) in [7, 11) is 0. The molecule has 10 heavy (non-hydrogen) atoms. The van der Waals surface area contributed by atoms with Crippen molar-refractivity contribution in [1.82, 2.24) is 0 Å². The van der Waals surface area contributed by atoms with Crippen molar-refractivity contribution in [2.24, 2.45) is 0 Å². The predicted molar refractivity (Wildman–Crippen MR) is 38.1 cm³/mol. The fourth-order valence-electron chi connectivity index (χ4n) is 0.642. The first-order valence-electron chi connectivity index (χ1n) is 2.84.